The minimum Gasteiger partial charge on any atom is -0.298 e. The molecule has 0 fully saturated rings. The third-order valence-corrected chi connectivity index (χ3v) is 4.11. The number of sulfonamides is 1. The van der Waals surface area contributed by atoms with Gasteiger partial charge in [0.15, 0.2) is 0 Å². The summed E-state index contributed by atoms with van der Waals surface area (Å²) in [5.74, 6) is -0.371. The number of carbonyl (C=O) groups is 1. The van der Waals surface area contributed by atoms with Crippen molar-refractivity contribution in [2.75, 3.05) is 6.54 Å². The Morgan fingerprint density at radius 3 is 2.47 bits per heavy atom. The van der Waals surface area contributed by atoms with Crippen molar-refractivity contribution in [1.82, 2.24) is 4.72 Å². The summed E-state index contributed by atoms with van der Waals surface area (Å²) in [6.45, 7) is 3.21. The minimum atomic E-state index is -3.72. The van der Waals surface area contributed by atoms with Crippen LogP contribution in [0, 0.1) is 5.92 Å². The molecule has 17 heavy (non-hydrogen) atoms. The Balaban J connectivity index is 2.84. The van der Waals surface area contributed by atoms with E-state index >= 15 is 0 Å². The first-order valence-electron chi connectivity index (χ1n) is 5.11. The average molecular weight is 276 g/mol. The molecule has 1 rings (SSSR count). The lowest BCUT2D eigenvalue weighted by molar-refractivity contribution is -0.120. The number of benzene rings is 1. The van der Waals surface area contributed by atoms with E-state index in [-0.39, 0.29) is 28.2 Å². The summed E-state index contributed by atoms with van der Waals surface area (Å²) in [5.41, 5.74) is 0. The number of carbonyl (C=O) groups excluding carboxylic acids is 1. The zero-order valence-corrected chi connectivity index (χ0v) is 11.2. The first-order chi connectivity index (χ1) is 7.84. The fourth-order valence-corrected chi connectivity index (χ4v) is 2.62. The fourth-order valence-electron chi connectivity index (χ4n) is 1.11. The van der Waals surface area contributed by atoms with Crippen LogP contribution in [0.25, 0.3) is 0 Å². The Morgan fingerprint density at radius 2 is 1.94 bits per heavy atom. The first kappa shape index (κ1) is 14.2. The Kier molecular flexibility index (Phi) is 4.68. The number of Topliss-reactive ketones (excluding diaryl/α,β-unsaturated/α-hetero) is 1. The highest BCUT2D eigenvalue weighted by Crippen LogP contribution is 2.19. The molecule has 94 valence electrons. The molecule has 0 spiro atoms. The number of halogens is 1. The third kappa shape index (κ3) is 3.80. The number of rotatable bonds is 5. The van der Waals surface area contributed by atoms with Crippen molar-refractivity contribution in [3.05, 3.63) is 29.3 Å². The molecule has 0 heterocycles. The molecule has 0 unspecified atom stereocenters. The van der Waals surface area contributed by atoms with E-state index in [2.05, 4.69) is 4.72 Å². The number of ketones is 1. The normalized spacial score (nSPS) is 11.8. The molecule has 1 aromatic rings. The van der Waals surface area contributed by atoms with Crippen LogP contribution in [0.3, 0.4) is 0 Å². The second-order valence-corrected chi connectivity index (χ2v) is 6.02. The lowest BCUT2D eigenvalue weighted by Crippen LogP contribution is -2.31. The largest absolute Gasteiger partial charge is 0.298 e. The Morgan fingerprint density at radius 1 is 1.35 bits per heavy atom. The summed E-state index contributed by atoms with van der Waals surface area (Å²) in [6.07, 6.45) is 0. The summed E-state index contributed by atoms with van der Waals surface area (Å²) in [6, 6.07) is 6.09. The Labute approximate surface area is 106 Å². The van der Waals surface area contributed by atoms with Crippen molar-refractivity contribution in [2.45, 2.75) is 18.7 Å². The monoisotopic (exact) mass is 275 g/mol. The molecule has 0 saturated carbocycles. The molecule has 1 N–H and O–H groups in total. The molecule has 0 bridgehead atoms. The number of hydrogen-bond donors (Lipinski definition) is 1. The highest BCUT2D eigenvalue weighted by atomic mass is 35.5. The molecule has 0 aliphatic carbocycles. The summed E-state index contributed by atoms with van der Waals surface area (Å²) >= 11 is 5.78. The van der Waals surface area contributed by atoms with E-state index < -0.39 is 10.0 Å². The van der Waals surface area contributed by atoms with Crippen molar-refractivity contribution < 1.29 is 13.2 Å². The van der Waals surface area contributed by atoms with Crippen LogP contribution in [0.15, 0.2) is 29.2 Å². The van der Waals surface area contributed by atoms with E-state index in [1.54, 1.807) is 26.0 Å². The van der Waals surface area contributed by atoms with Crippen molar-refractivity contribution in [3.63, 3.8) is 0 Å². The molecule has 6 heteroatoms. The summed E-state index contributed by atoms with van der Waals surface area (Å²) in [5, 5.41) is 0.136. The third-order valence-electron chi connectivity index (χ3n) is 2.21. The predicted molar refractivity (Wildman–Crippen MR) is 66.5 cm³/mol. The van der Waals surface area contributed by atoms with E-state index in [0.717, 1.165) is 0 Å². The summed E-state index contributed by atoms with van der Waals surface area (Å²) in [4.78, 5) is 11.3. The van der Waals surface area contributed by atoms with Gasteiger partial charge >= 0.3 is 0 Å². The van der Waals surface area contributed by atoms with Crippen molar-refractivity contribution in [3.8, 4) is 0 Å². The van der Waals surface area contributed by atoms with Gasteiger partial charge in [-0.3, -0.25) is 4.79 Å². The van der Waals surface area contributed by atoms with E-state index in [9.17, 15) is 13.2 Å². The first-order valence-corrected chi connectivity index (χ1v) is 6.97. The van der Waals surface area contributed by atoms with Gasteiger partial charge in [0.2, 0.25) is 10.0 Å². The van der Waals surface area contributed by atoms with E-state index in [4.69, 9.17) is 11.6 Å². The van der Waals surface area contributed by atoms with Crippen molar-refractivity contribution in [2.24, 2.45) is 5.92 Å². The molecular formula is C11H14ClNO3S. The van der Waals surface area contributed by atoms with Crippen LogP contribution in [0.2, 0.25) is 5.02 Å². The van der Waals surface area contributed by atoms with Crippen molar-refractivity contribution in [1.29, 1.82) is 0 Å². The number of nitrogens with one attached hydrogen (secondary N) is 1. The molecule has 1 aromatic carbocycles. The van der Waals surface area contributed by atoms with Gasteiger partial charge in [0.05, 0.1) is 11.6 Å². The molecule has 0 saturated heterocycles. The highest BCUT2D eigenvalue weighted by molar-refractivity contribution is 7.89. The Bertz CT molecular complexity index is 511. The second-order valence-electron chi connectivity index (χ2n) is 3.88. The smallest absolute Gasteiger partial charge is 0.242 e. The summed E-state index contributed by atoms with van der Waals surface area (Å²) in [7, 11) is -3.72. The van der Waals surface area contributed by atoms with Gasteiger partial charge in [-0.15, -0.1) is 0 Å². The maximum absolute atomic E-state index is 11.8. The zero-order chi connectivity index (χ0) is 13.1. The predicted octanol–water partition coefficient (Wildman–Crippen LogP) is 1.84. The molecule has 4 nitrogen and oxygen atoms in total. The molecule has 0 radical (unpaired) electrons. The minimum absolute atomic E-state index is 0.0155. The SMILES string of the molecule is CC(C)C(=O)CNS(=O)(=O)c1ccccc1Cl. The zero-order valence-electron chi connectivity index (χ0n) is 9.60. The molecule has 0 atom stereocenters. The maximum Gasteiger partial charge on any atom is 0.242 e. The molecule has 0 amide bonds. The quantitative estimate of drug-likeness (QED) is 0.892. The van der Waals surface area contributed by atoms with E-state index in [1.807, 2.05) is 0 Å². The van der Waals surface area contributed by atoms with Crippen LogP contribution in [0.5, 0.6) is 0 Å². The standard InChI is InChI=1S/C11H14ClNO3S/c1-8(2)10(14)7-13-17(15,16)11-6-4-3-5-9(11)12/h3-6,8,13H,7H2,1-2H3. The van der Waals surface area contributed by atoms with Gasteiger partial charge in [-0.25, -0.2) is 13.1 Å². The highest BCUT2D eigenvalue weighted by Gasteiger charge is 2.18. The molecular weight excluding hydrogens is 262 g/mol. The second kappa shape index (κ2) is 5.62. The molecule has 0 aliphatic heterocycles. The van der Waals surface area contributed by atoms with Crippen LogP contribution >= 0.6 is 11.6 Å². The van der Waals surface area contributed by atoms with Crippen molar-refractivity contribution >= 4 is 27.4 Å². The van der Waals surface area contributed by atoms with Crippen LogP contribution in [0.1, 0.15) is 13.8 Å². The number of hydrogen-bond acceptors (Lipinski definition) is 3. The van der Waals surface area contributed by atoms with Crippen LogP contribution in [-0.2, 0) is 14.8 Å². The Hall–Kier alpha value is -0.910. The fraction of sp³-hybridized carbons (Fsp3) is 0.364. The topological polar surface area (TPSA) is 63.2 Å². The van der Waals surface area contributed by atoms with Gasteiger partial charge < -0.3 is 0 Å². The maximum atomic E-state index is 11.8. The lowest BCUT2D eigenvalue weighted by atomic mass is 10.1. The van der Waals surface area contributed by atoms with Gasteiger partial charge in [0.25, 0.3) is 0 Å². The molecule has 0 aromatic heterocycles. The van der Waals surface area contributed by atoms with Gasteiger partial charge in [0, 0.05) is 5.92 Å². The summed E-state index contributed by atoms with van der Waals surface area (Å²) < 4.78 is 25.9. The lowest BCUT2D eigenvalue weighted by Gasteiger charge is -2.08. The van der Waals surface area contributed by atoms with Gasteiger partial charge in [0.1, 0.15) is 10.7 Å². The van der Waals surface area contributed by atoms with Gasteiger partial charge in [-0.05, 0) is 12.1 Å². The van der Waals surface area contributed by atoms with E-state index in [1.165, 1.54) is 12.1 Å². The van der Waals surface area contributed by atoms with Gasteiger partial charge in [-0.2, -0.15) is 0 Å². The van der Waals surface area contributed by atoms with Crippen LogP contribution in [0.4, 0.5) is 0 Å². The van der Waals surface area contributed by atoms with E-state index in [0.29, 0.717) is 0 Å². The van der Waals surface area contributed by atoms with Crippen LogP contribution < -0.4 is 4.72 Å². The van der Waals surface area contributed by atoms with Gasteiger partial charge in [-0.1, -0.05) is 37.6 Å². The average Bonchev–Trinajstić information content (AvgIpc) is 2.26. The molecule has 0 aliphatic rings. The van der Waals surface area contributed by atoms with Crippen LogP contribution in [-0.4, -0.2) is 20.7 Å².